The maximum Gasteiger partial charge on any atom is 0.211 e. The van der Waals surface area contributed by atoms with Crippen molar-refractivity contribution in [1.29, 1.82) is 0 Å². The third-order valence-electron chi connectivity index (χ3n) is 3.71. The first kappa shape index (κ1) is 14.2. The van der Waals surface area contributed by atoms with Crippen LogP contribution in [-0.4, -0.2) is 46.0 Å². The number of ether oxygens (including phenoxy) is 1. The van der Waals surface area contributed by atoms with E-state index in [1.165, 1.54) is 12.8 Å². The molecular weight excluding hydrogens is 252 g/mol. The highest BCUT2D eigenvalue weighted by Crippen LogP contribution is 2.12. The summed E-state index contributed by atoms with van der Waals surface area (Å²) >= 11 is 0. The molecule has 106 valence electrons. The first-order valence-electron chi connectivity index (χ1n) is 6.97. The zero-order valence-corrected chi connectivity index (χ0v) is 11.7. The fraction of sp³-hybridized carbons (Fsp3) is 1.00. The summed E-state index contributed by atoms with van der Waals surface area (Å²) in [4.78, 5) is 0. The van der Waals surface area contributed by atoms with Crippen LogP contribution in [0.2, 0.25) is 0 Å². The van der Waals surface area contributed by atoms with Gasteiger partial charge in [-0.25, -0.2) is 13.1 Å². The summed E-state index contributed by atoms with van der Waals surface area (Å²) in [7, 11) is -3.13. The molecule has 2 aliphatic rings. The highest BCUT2D eigenvalue weighted by atomic mass is 32.2. The van der Waals surface area contributed by atoms with Crippen LogP contribution in [0.15, 0.2) is 0 Å². The van der Waals surface area contributed by atoms with Crippen LogP contribution in [0, 0.1) is 0 Å². The molecule has 0 bridgehead atoms. The fourth-order valence-electron chi connectivity index (χ4n) is 2.60. The van der Waals surface area contributed by atoms with Gasteiger partial charge in [-0.1, -0.05) is 6.42 Å². The lowest BCUT2D eigenvalue weighted by atomic mass is 10.0. The van der Waals surface area contributed by atoms with Crippen molar-refractivity contribution >= 4 is 10.0 Å². The third-order valence-corrected chi connectivity index (χ3v) is 5.18. The molecule has 2 heterocycles. The summed E-state index contributed by atoms with van der Waals surface area (Å²) in [6.07, 6.45) is 5.84. The van der Waals surface area contributed by atoms with E-state index in [1.807, 2.05) is 0 Å². The topological polar surface area (TPSA) is 67.4 Å². The first-order chi connectivity index (χ1) is 8.66. The molecule has 1 unspecified atom stereocenters. The summed E-state index contributed by atoms with van der Waals surface area (Å²) in [6.45, 7) is 2.35. The molecule has 0 radical (unpaired) electrons. The summed E-state index contributed by atoms with van der Waals surface area (Å²) in [5.41, 5.74) is 0. The Morgan fingerprint density at radius 2 is 1.94 bits per heavy atom. The van der Waals surface area contributed by atoms with Crippen LogP contribution in [0.5, 0.6) is 0 Å². The molecule has 0 aromatic carbocycles. The number of hydrogen-bond donors (Lipinski definition) is 2. The van der Waals surface area contributed by atoms with Crippen LogP contribution in [0.3, 0.4) is 0 Å². The van der Waals surface area contributed by atoms with Gasteiger partial charge in [-0.2, -0.15) is 0 Å². The molecule has 2 rings (SSSR count). The van der Waals surface area contributed by atoms with Crippen LogP contribution in [0.4, 0.5) is 0 Å². The van der Waals surface area contributed by atoms with E-state index < -0.39 is 10.0 Å². The number of hydrogen-bond acceptors (Lipinski definition) is 4. The van der Waals surface area contributed by atoms with Crippen molar-refractivity contribution in [3.05, 3.63) is 0 Å². The molecule has 1 atom stereocenters. The average molecular weight is 276 g/mol. The molecule has 0 spiro atoms. The molecule has 5 nitrogen and oxygen atoms in total. The first-order valence-corrected chi connectivity index (χ1v) is 8.62. The minimum absolute atomic E-state index is 0.0723. The number of nitrogens with one attached hydrogen (secondary N) is 2. The van der Waals surface area contributed by atoms with Gasteiger partial charge in [0.1, 0.15) is 0 Å². The second-order valence-corrected chi connectivity index (χ2v) is 7.13. The zero-order chi connectivity index (χ0) is 12.8. The molecule has 0 aliphatic carbocycles. The van der Waals surface area contributed by atoms with Crippen LogP contribution in [0.25, 0.3) is 0 Å². The fourth-order valence-corrected chi connectivity index (χ4v) is 4.05. The lowest BCUT2D eigenvalue weighted by Crippen LogP contribution is -2.42. The van der Waals surface area contributed by atoms with Crippen molar-refractivity contribution < 1.29 is 13.2 Å². The number of rotatable bonds is 5. The summed E-state index contributed by atoms with van der Waals surface area (Å²) in [5, 5.41) is 3.38. The lowest BCUT2D eigenvalue weighted by Gasteiger charge is -2.25. The molecule has 2 N–H and O–H groups in total. The monoisotopic (exact) mass is 276 g/mol. The normalized spacial score (nSPS) is 27.2. The van der Waals surface area contributed by atoms with Gasteiger partial charge < -0.3 is 10.1 Å². The quantitative estimate of drug-likeness (QED) is 0.772. The molecule has 0 aromatic rings. The van der Waals surface area contributed by atoms with E-state index in [0.717, 1.165) is 32.2 Å². The Balaban J connectivity index is 1.72. The van der Waals surface area contributed by atoms with Crippen LogP contribution in [0.1, 0.15) is 38.5 Å². The van der Waals surface area contributed by atoms with E-state index in [9.17, 15) is 8.42 Å². The molecule has 18 heavy (non-hydrogen) atoms. The smallest absolute Gasteiger partial charge is 0.211 e. The van der Waals surface area contributed by atoms with E-state index >= 15 is 0 Å². The van der Waals surface area contributed by atoms with Crippen molar-refractivity contribution in [2.75, 3.05) is 25.5 Å². The van der Waals surface area contributed by atoms with E-state index in [1.54, 1.807) is 0 Å². The third kappa shape index (κ3) is 4.84. The van der Waals surface area contributed by atoms with Crippen molar-refractivity contribution in [3.8, 4) is 0 Å². The summed E-state index contributed by atoms with van der Waals surface area (Å²) < 4.78 is 31.9. The van der Waals surface area contributed by atoms with Gasteiger partial charge in [0.25, 0.3) is 0 Å². The predicted molar refractivity (Wildman–Crippen MR) is 71.0 cm³/mol. The molecule has 0 amide bonds. The molecule has 0 aromatic heterocycles. The second-order valence-electron chi connectivity index (χ2n) is 5.26. The second kappa shape index (κ2) is 6.84. The molecular formula is C12H24N2O3S. The van der Waals surface area contributed by atoms with Gasteiger partial charge in [-0.15, -0.1) is 0 Å². The largest absolute Gasteiger partial charge is 0.381 e. The molecule has 2 fully saturated rings. The Labute approximate surface area is 110 Å². The van der Waals surface area contributed by atoms with Crippen molar-refractivity contribution in [1.82, 2.24) is 10.0 Å². The van der Waals surface area contributed by atoms with Crippen LogP contribution >= 0.6 is 0 Å². The number of piperidine rings is 1. The Kier molecular flexibility index (Phi) is 5.41. The van der Waals surface area contributed by atoms with E-state index in [-0.39, 0.29) is 11.8 Å². The Morgan fingerprint density at radius 3 is 2.61 bits per heavy atom. The number of sulfonamides is 1. The van der Waals surface area contributed by atoms with Gasteiger partial charge in [-0.05, 0) is 38.6 Å². The maximum atomic E-state index is 12.0. The van der Waals surface area contributed by atoms with E-state index in [4.69, 9.17) is 4.74 Å². The maximum absolute atomic E-state index is 12.0. The van der Waals surface area contributed by atoms with Crippen LogP contribution in [-0.2, 0) is 14.8 Å². The van der Waals surface area contributed by atoms with Gasteiger partial charge in [0.15, 0.2) is 0 Å². The highest BCUT2D eigenvalue weighted by Gasteiger charge is 2.22. The van der Waals surface area contributed by atoms with Gasteiger partial charge in [0.05, 0.1) is 5.75 Å². The zero-order valence-electron chi connectivity index (χ0n) is 10.9. The van der Waals surface area contributed by atoms with Gasteiger partial charge in [-0.3, -0.25) is 0 Å². The molecule has 2 saturated heterocycles. The Hall–Kier alpha value is -0.170. The van der Waals surface area contributed by atoms with Crippen LogP contribution < -0.4 is 10.0 Å². The standard InChI is InChI=1S/C12H24N2O3S/c15-18(16,14-12-4-8-17-9-5-12)10-6-11-3-1-2-7-13-11/h11-14H,1-10H2. The molecule has 0 saturated carbocycles. The summed E-state index contributed by atoms with van der Waals surface area (Å²) in [6, 6.07) is 0.452. The minimum Gasteiger partial charge on any atom is -0.381 e. The molecule has 2 aliphatic heterocycles. The lowest BCUT2D eigenvalue weighted by molar-refractivity contribution is 0.0832. The predicted octanol–water partition coefficient (Wildman–Crippen LogP) is 0.617. The van der Waals surface area contributed by atoms with E-state index in [0.29, 0.717) is 19.3 Å². The Bertz CT molecular complexity index is 333. The van der Waals surface area contributed by atoms with E-state index in [2.05, 4.69) is 10.0 Å². The molecule has 6 heteroatoms. The van der Waals surface area contributed by atoms with Crippen molar-refractivity contribution in [2.45, 2.75) is 50.6 Å². The SMILES string of the molecule is O=S(=O)(CCC1CCCCN1)NC1CCOCC1. The van der Waals surface area contributed by atoms with Gasteiger partial charge in [0, 0.05) is 25.3 Å². The van der Waals surface area contributed by atoms with Crippen molar-refractivity contribution in [3.63, 3.8) is 0 Å². The highest BCUT2D eigenvalue weighted by molar-refractivity contribution is 7.89. The van der Waals surface area contributed by atoms with Gasteiger partial charge >= 0.3 is 0 Å². The summed E-state index contributed by atoms with van der Waals surface area (Å²) in [5.74, 6) is 0.238. The minimum atomic E-state index is -3.13. The van der Waals surface area contributed by atoms with Crippen molar-refractivity contribution in [2.24, 2.45) is 0 Å². The van der Waals surface area contributed by atoms with Gasteiger partial charge in [0.2, 0.25) is 10.0 Å². The Morgan fingerprint density at radius 1 is 1.17 bits per heavy atom. The average Bonchev–Trinajstić information content (AvgIpc) is 2.38.